The van der Waals surface area contributed by atoms with Crippen molar-refractivity contribution in [2.45, 2.75) is 0 Å². The molecular weight excluding hydrogens is 1830 g/mol. The molecule has 21 aromatic carbocycles. The quantitative estimate of drug-likeness (QED) is 0.0979. The van der Waals surface area contributed by atoms with Crippen LogP contribution < -0.4 is 0 Å². The zero-order valence-electron chi connectivity index (χ0n) is 80.9. The number of hydrogen-bond donors (Lipinski definition) is 0. The number of aromatic nitrogens is 15. The topological polar surface area (TPSA) is 146 Å². The minimum absolute atomic E-state index is 0.588. The van der Waals surface area contributed by atoms with Crippen LogP contribution in [0.4, 0.5) is 0 Å². The van der Waals surface area contributed by atoms with E-state index in [-0.39, 0.29) is 0 Å². The number of rotatable bonds is 15. The molecule has 0 aliphatic heterocycles. The van der Waals surface area contributed by atoms with Crippen molar-refractivity contribution in [3.63, 3.8) is 0 Å². The fourth-order valence-electron chi connectivity index (χ4n) is 21.8. The summed E-state index contributed by atoms with van der Waals surface area (Å²) in [4.78, 5) is 44.9. The highest BCUT2D eigenvalue weighted by Crippen LogP contribution is 2.45. The standard InChI is InChI=1S/3C45H29N5/c1-4-14-30(15-5-1)43-46-44(31-16-6-2-7-17-31)48-45(47-43)50-40-23-13-11-21-36(40)38-28-32(25-27-41(38)50)33-24-26-37-35-20-10-12-22-39(35)49(42(37)29-33)34-18-8-3-9-19-34;1-4-14-30(15-5-1)43-46-44(31-16-6-2-7-17-31)48-45(47-43)50-40-23-13-11-21-36(40)38-29-33(25-27-42(38)50)32-24-26-41-37(28-32)35-20-10-12-22-39(35)49(41)34-18-8-3-9-19-34;1-3-13-30(14-4-1)43-46-44(31-15-5-2-6-16-31)48-45(47-43)32-23-25-33(26-24-32)49-41-22-12-9-19-37(41)38-29-34(27-28-42(38)49)50-39-20-10-7-17-35(39)36-18-8-11-21-40(36)50/h3*1-29H. The Labute approximate surface area is 861 Å². The van der Waals surface area contributed by atoms with Crippen LogP contribution in [0, 0.1) is 0 Å². The predicted molar refractivity (Wildman–Crippen MR) is 614 cm³/mol. The summed E-state index contributed by atoms with van der Waals surface area (Å²) in [5.41, 5.74) is 29.5. The third-order valence-electron chi connectivity index (χ3n) is 28.7. The van der Waals surface area contributed by atoms with Gasteiger partial charge < -0.3 is 18.3 Å². The summed E-state index contributed by atoms with van der Waals surface area (Å²) < 4.78 is 13.8. The van der Waals surface area contributed by atoms with Crippen LogP contribution in [0.2, 0.25) is 0 Å². The first-order chi connectivity index (χ1) is 74.4. The van der Waals surface area contributed by atoms with E-state index in [1.165, 1.54) is 81.8 Å². The Morgan fingerprint density at radius 1 is 0.100 bits per heavy atom. The van der Waals surface area contributed by atoms with Gasteiger partial charge in [0.25, 0.3) is 0 Å². The van der Waals surface area contributed by atoms with Crippen molar-refractivity contribution in [1.29, 1.82) is 0 Å². The fraction of sp³-hybridized carbons (Fsp3) is 0. The van der Waals surface area contributed by atoms with Gasteiger partial charge in [0.2, 0.25) is 11.9 Å². The van der Waals surface area contributed by atoms with Crippen molar-refractivity contribution in [2.24, 2.45) is 0 Å². The van der Waals surface area contributed by atoms with Crippen LogP contribution in [0.1, 0.15) is 0 Å². The number of para-hydroxylation sites is 9. The molecule has 0 bridgehead atoms. The summed E-state index contributed by atoms with van der Waals surface area (Å²) in [6.45, 7) is 0. The molecule has 0 aliphatic carbocycles. The summed E-state index contributed by atoms with van der Waals surface area (Å²) in [5.74, 6) is 5.68. The summed E-state index contributed by atoms with van der Waals surface area (Å²) in [7, 11) is 0. The molecule has 30 rings (SSSR count). The third-order valence-corrected chi connectivity index (χ3v) is 28.7. The Kier molecular flexibility index (Phi) is 21.5. The third kappa shape index (κ3) is 15.4. The van der Waals surface area contributed by atoms with E-state index in [1.54, 1.807) is 0 Å². The minimum Gasteiger partial charge on any atom is -0.309 e. The highest BCUT2D eigenvalue weighted by molar-refractivity contribution is 6.17. The Bertz CT molecular complexity index is 10200. The average molecular weight is 1920 g/mol. The molecule has 0 fully saturated rings. The number of fused-ring (bicyclic) bond motifs is 18. The first-order valence-electron chi connectivity index (χ1n) is 50.4. The number of benzene rings is 21. The van der Waals surface area contributed by atoms with Gasteiger partial charge in [0.05, 0.1) is 66.2 Å². The molecule has 9 aromatic heterocycles. The van der Waals surface area contributed by atoms with Crippen LogP contribution >= 0.6 is 0 Å². The Morgan fingerprint density at radius 3 is 0.587 bits per heavy atom. The molecule has 30 aromatic rings. The molecule has 9 heterocycles. The lowest BCUT2D eigenvalue weighted by atomic mass is 10.0. The Morgan fingerprint density at radius 2 is 0.280 bits per heavy atom. The smallest absolute Gasteiger partial charge is 0.238 e. The Hall–Kier alpha value is -20.5. The monoisotopic (exact) mass is 1920 g/mol. The maximum atomic E-state index is 5.08. The van der Waals surface area contributed by atoms with Gasteiger partial charge in [-0.2, -0.15) is 19.9 Å². The molecule has 0 saturated carbocycles. The maximum Gasteiger partial charge on any atom is 0.238 e. The van der Waals surface area contributed by atoms with Gasteiger partial charge in [0.1, 0.15) is 0 Å². The largest absolute Gasteiger partial charge is 0.309 e. The van der Waals surface area contributed by atoms with E-state index in [0.717, 1.165) is 133 Å². The normalized spacial score (nSPS) is 11.6. The van der Waals surface area contributed by atoms with Crippen molar-refractivity contribution < 1.29 is 0 Å². The second-order valence-electron chi connectivity index (χ2n) is 37.5. The van der Waals surface area contributed by atoms with Gasteiger partial charge in [-0.15, -0.1) is 0 Å². The molecule has 0 N–H and O–H groups in total. The fourth-order valence-corrected chi connectivity index (χ4v) is 21.8. The molecule has 15 nitrogen and oxygen atoms in total. The van der Waals surface area contributed by atoms with E-state index in [4.69, 9.17) is 44.9 Å². The molecule has 150 heavy (non-hydrogen) atoms. The van der Waals surface area contributed by atoms with E-state index in [0.29, 0.717) is 52.7 Å². The van der Waals surface area contributed by atoms with Crippen molar-refractivity contribution >= 4 is 131 Å². The van der Waals surface area contributed by atoms with Crippen LogP contribution in [0.5, 0.6) is 0 Å². The van der Waals surface area contributed by atoms with Crippen LogP contribution in [0.3, 0.4) is 0 Å². The molecule has 0 unspecified atom stereocenters. The van der Waals surface area contributed by atoms with Crippen LogP contribution in [0.15, 0.2) is 528 Å². The summed E-state index contributed by atoms with van der Waals surface area (Å²) in [6.07, 6.45) is 0. The van der Waals surface area contributed by atoms with Crippen LogP contribution in [-0.4, -0.2) is 72.3 Å². The highest BCUT2D eigenvalue weighted by atomic mass is 15.2. The second-order valence-corrected chi connectivity index (χ2v) is 37.5. The molecular formula is C135H87N15. The molecule has 0 atom stereocenters. The highest BCUT2D eigenvalue weighted by Gasteiger charge is 2.26. The molecule has 0 aliphatic rings. The van der Waals surface area contributed by atoms with Gasteiger partial charge in [-0.05, 0) is 174 Å². The molecule has 0 radical (unpaired) electrons. The van der Waals surface area contributed by atoms with Gasteiger partial charge in [-0.1, -0.05) is 376 Å². The van der Waals surface area contributed by atoms with E-state index in [1.807, 2.05) is 182 Å². The van der Waals surface area contributed by atoms with Gasteiger partial charge >= 0.3 is 0 Å². The number of nitrogens with zero attached hydrogens (tertiary/aromatic N) is 15. The van der Waals surface area contributed by atoms with Crippen LogP contribution in [0.25, 0.3) is 267 Å². The van der Waals surface area contributed by atoms with Crippen LogP contribution in [-0.2, 0) is 0 Å². The van der Waals surface area contributed by atoms with Crippen molar-refractivity contribution in [1.82, 2.24) is 72.3 Å². The average Bonchev–Trinajstić information content (AvgIpc) is 1.37. The summed E-state index contributed by atoms with van der Waals surface area (Å²) in [5, 5.41) is 14.5. The van der Waals surface area contributed by atoms with Gasteiger partial charge in [-0.3, -0.25) is 9.13 Å². The lowest BCUT2D eigenvalue weighted by Gasteiger charge is -2.11. The molecule has 0 amide bonds. The van der Waals surface area contributed by atoms with E-state index < -0.39 is 0 Å². The minimum atomic E-state index is 0.588. The van der Waals surface area contributed by atoms with E-state index >= 15 is 0 Å². The van der Waals surface area contributed by atoms with Crippen molar-refractivity contribution in [2.75, 3.05) is 0 Å². The van der Waals surface area contributed by atoms with E-state index in [9.17, 15) is 0 Å². The first-order valence-corrected chi connectivity index (χ1v) is 50.4. The zero-order chi connectivity index (χ0) is 99.1. The second kappa shape index (κ2) is 37.0. The first kappa shape index (κ1) is 87.3. The summed E-state index contributed by atoms with van der Waals surface area (Å²) in [6, 6.07) is 185. The van der Waals surface area contributed by atoms with Gasteiger partial charge in [0, 0.05) is 126 Å². The van der Waals surface area contributed by atoms with E-state index in [2.05, 4.69) is 373 Å². The molecule has 15 heteroatoms. The van der Waals surface area contributed by atoms with Gasteiger partial charge in [0.15, 0.2) is 40.8 Å². The van der Waals surface area contributed by atoms with Crippen molar-refractivity contribution in [3.05, 3.63) is 528 Å². The van der Waals surface area contributed by atoms with Gasteiger partial charge in [-0.25, -0.2) is 24.9 Å². The lowest BCUT2D eigenvalue weighted by Crippen LogP contribution is -2.06. The Balaban J connectivity index is 0.000000108. The predicted octanol–water partition coefficient (Wildman–Crippen LogP) is 33.2. The molecule has 702 valence electrons. The SMILES string of the molecule is c1ccc(-c2nc(-c3ccccc3)nc(-c3ccc(-n4c5ccccc5c5cc(-n6c7ccccc7c7ccccc76)ccc54)cc3)n2)cc1.c1ccc(-c2nc(-c3ccccc3)nc(-n3c4ccccc4c4cc(-c5ccc6c(c5)c5ccccc5n6-c5ccccc5)ccc43)n2)cc1.c1ccc(-c2nc(-c3ccccc3)nc(-n3c4ccccc4c4cc(-c5ccc6c7ccccc7n(-c7ccccc7)c6c5)ccc43)n2)cc1. The molecule has 0 spiro atoms. The maximum absolute atomic E-state index is 5.08. The summed E-state index contributed by atoms with van der Waals surface area (Å²) >= 11 is 0. The number of hydrogen-bond acceptors (Lipinski definition) is 9. The zero-order valence-corrected chi connectivity index (χ0v) is 80.9. The lowest BCUT2D eigenvalue weighted by molar-refractivity contribution is 0.953. The van der Waals surface area contributed by atoms with Crippen molar-refractivity contribution in [3.8, 4) is 137 Å². The molecule has 0 saturated heterocycles.